The second-order valence-corrected chi connectivity index (χ2v) is 11.6. The van der Waals surface area contributed by atoms with Crippen LogP contribution in [0.3, 0.4) is 0 Å². The lowest BCUT2D eigenvalue weighted by molar-refractivity contribution is -0.135. The van der Waals surface area contributed by atoms with Gasteiger partial charge in [0.2, 0.25) is 0 Å². The number of amides is 2. The van der Waals surface area contributed by atoms with Crippen molar-refractivity contribution in [2.24, 2.45) is 5.92 Å². The average molecular weight is 556 g/mol. The summed E-state index contributed by atoms with van der Waals surface area (Å²) in [4.78, 5) is 48.1. The number of hydrogen-bond donors (Lipinski definition) is 2. The molecule has 4 rings (SSSR count). The van der Waals surface area contributed by atoms with Crippen molar-refractivity contribution >= 4 is 38.7 Å². The number of nitrogens with one attached hydrogen (secondary N) is 2. The number of sulfonamides is 1. The molecule has 39 heavy (non-hydrogen) atoms. The van der Waals surface area contributed by atoms with Crippen LogP contribution in [-0.2, 0) is 19.6 Å². The van der Waals surface area contributed by atoms with E-state index in [-0.39, 0.29) is 31.0 Å². The van der Waals surface area contributed by atoms with Gasteiger partial charge in [-0.2, -0.15) is 0 Å². The number of fused-ring (bicyclic) bond motifs is 1. The molecule has 1 aliphatic heterocycles. The molecule has 2 aromatic carbocycles. The summed E-state index contributed by atoms with van der Waals surface area (Å²) in [6, 6.07) is 8.93. The molecule has 2 N–H and O–H groups in total. The number of aromatic nitrogens is 2. The molecule has 0 bridgehead atoms. The Bertz CT molecular complexity index is 1500. The van der Waals surface area contributed by atoms with Crippen molar-refractivity contribution in [3.63, 3.8) is 0 Å². The van der Waals surface area contributed by atoms with E-state index in [1.807, 2.05) is 0 Å². The van der Waals surface area contributed by atoms with E-state index in [1.54, 1.807) is 38.1 Å². The third-order valence-corrected chi connectivity index (χ3v) is 8.21. The average Bonchev–Trinajstić information content (AvgIpc) is 3.11. The molecule has 2 heterocycles. The fourth-order valence-electron chi connectivity index (χ4n) is 4.50. The molecule has 1 aromatic heterocycles. The standard InChI is InChI=1S/C27H30FN5O5S/c1-17(2)14-21(32-26(35)22-15-30-19-9-4-5-10-20(19)31-22)27(36)33(23-11-7-13-29-16-24(23)34)39(37,38)25-12-6-3-8-18(25)28/h3-6,8-10,12,15,17,21,23,29H,7,11,13-14,16H2,1-2H3,(H,32,35)/t21?,23-/m0/s1. The van der Waals surface area contributed by atoms with Crippen molar-refractivity contribution in [2.45, 2.75) is 50.1 Å². The molecule has 0 saturated carbocycles. The number of ketones is 1. The van der Waals surface area contributed by atoms with Gasteiger partial charge in [-0.1, -0.05) is 38.1 Å². The van der Waals surface area contributed by atoms with Crippen molar-refractivity contribution in [3.8, 4) is 0 Å². The number of Topliss-reactive ketones (excluding diaryl/α,β-unsaturated/α-hetero) is 1. The van der Waals surface area contributed by atoms with Crippen LogP contribution < -0.4 is 10.6 Å². The smallest absolute Gasteiger partial charge is 0.272 e. The van der Waals surface area contributed by atoms with E-state index in [1.165, 1.54) is 18.3 Å². The molecule has 1 saturated heterocycles. The van der Waals surface area contributed by atoms with E-state index in [4.69, 9.17) is 0 Å². The highest BCUT2D eigenvalue weighted by atomic mass is 32.2. The topological polar surface area (TPSA) is 138 Å². The number of benzene rings is 2. The molecule has 0 aliphatic carbocycles. The number of nitrogens with zero attached hydrogens (tertiary/aromatic N) is 3. The molecule has 1 aliphatic rings. The molecule has 2 atom stereocenters. The lowest BCUT2D eigenvalue weighted by atomic mass is 10.0. The minimum absolute atomic E-state index is 0.0593. The molecular weight excluding hydrogens is 525 g/mol. The zero-order chi connectivity index (χ0) is 28.2. The van der Waals surface area contributed by atoms with Crippen molar-refractivity contribution in [1.29, 1.82) is 0 Å². The van der Waals surface area contributed by atoms with E-state index in [0.717, 1.165) is 12.1 Å². The molecule has 12 heteroatoms. The molecule has 206 valence electrons. The third kappa shape index (κ3) is 6.28. The van der Waals surface area contributed by atoms with Crippen LogP contribution in [0.15, 0.2) is 59.6 Å². The van der Waals surface area contributed by atoms with Gasteiger partial charge in [-0.3, -0.25) is 19.4 Å². The van der Waals surface area contributed by atoms with Gasteiger partial charge in [0.25, 0.3) is 21.8 Å². The Morgan fingerprint density at radius 1 is 1.13 bits per heavy atom. The maximum atomic E-state index is 14.7. The Morgan fingerprint density at radius 3 is 2.54 bits per heavy atom. The summed E-state index contributed by atoms with van der Waals surface area (Å²) in [5, 5.41) is 5.51. The van der Waals surface area contributed by atoms with Crippen LogP contribution in [0, 0.1) is 11.7 Å². The molecule has 0 spiro atoms. The van der Waals surface area contributed by atoms with Gasteiger partial charge in [-0.05, 0) is 56.0 Å². The number of carbonyl (C=O) groups excluding carboxylic acids is 3. The molecule has 1 fully saturated rings. The van der Waals surface area contributed by atoms with Gasteiger partial charge in [0.15, 0.2) is 5.78 Å². The SMILES string of the molecule is CC(C)CC(NC(=O)c1cnc2ccccc2n1)C(=O)N([C@H]1CCCNCC1=O)S(=O)(=O)c1ccccc1F. The van der Waals surface area contributed by atoms with Gasteiger partial charge in [0.1, 0.15) is 28.5 Å². The maximum Gasteiger partial charge on any atom is 0.272 e. The van der Waals surface area contributed by atoms with Gasteiger partial charge in [-0.15, -0.1) is 0 Å². The zero-order valence-corrected chi connectivity index (χ0v) is 22.4. The summed E-state index contributed by atoms with van der Waals surface area (Å²) in [5.41, 5.74) is 0.984. The summed E-state index contributed by atoms with van der Waals surface area (Å²) in [7, 11) is -4.81. The summed E-state index contributed by atoms with van der Waals surface area (Å²) in [6.07, 6.45) is 1.81. The van der Waals surface area contributed by atoms with Crippen LogP contribution in [0.1, 0.15) is 43.6 Å². The van der Waals surface area contributed by atoms with E-state index in [9.17, 15) is 27.2 Å². The summed E-state index contributed by atoms with van der Waals surface area (Å²) in [5.74, 6) is -3.47. The largest absolute Gasteiger partial charge is 0.339 e. The van der Waals surface area contributed by atoms with Crippen molar-refractivity contribution in [1.82, 2.24) is 24.9 Å². The van der Waals surface area contributed by atoms with Gasteiger partial charge in [-0.25, -0.2) is 22.1 Å². The summed E-state index contributed by atoms with van der Waals surface area (Å²) >= 11 is 0. The Labute approximate surface area is 226 Å². The summed E-state index contributed by atoms with van der Waals surface area (Å²) < 4.78 is 42.8. The third-order valence-electron chi connectivity index (χ3n) is 6.37. The van der Waals surface area contributed by atoms with Gasteiger partial charge in [0, 0.05) is 0 Å². The molecule has 2 amide bonds. The maximum absolute atomic E-state index is 14.7. The number of halogens is 1. The van der Waals surface area contributed by atoms with Crippen LogP contribution >= 0.6 is 0 Å². The second kappa shape index (κ2) is 12.0. The van der Waals surface area contributed by atoms with E-state index < -0.39 is 50.4 Å². The Balaban J connectivity index is 1.74. The monoisotopic (exact) mass is 555 g/mol. The van der Waals surface area contributed by atoms with Crippen molar-refractivity contribution < 1.29 is 27.2 Å². The number of hydrogen-bond acceptors (Lipinski definition) is 8. The predicted molar refractivity (Wildman–Crippen MR) is 142 cm³/mol. The lowest BCUT2D eigenvalue weighted by Gasteiger charge is -2.33. The van der Waals surface area contributed by atoms with Crippen LogP contribution in [-0.4, -0.2) is 65.5 Å². The summed E-state index contributed by atoms with van der Waals surface area (Å²) in [6.45, 7) is 3.92. The van der Waals surface area contributed by atoms with Crippen LogP contribution in [0.25, 0.3) is 11.0 Å². The van der Waals surface area contributed by atoms with Crippen LogP contribution in [0.2, 0.25) is 0 Å². The molecule has 10 nitrogen and oxygen atoms in total. The first-order valence-corrected chi connectivity index (χ1v) is 14.1. The number of para-hydroxylation sites is 2. The number of carbonyl (C=O) groups is 3. The first-order valence-electron chi connectivity index (χ1n) is 12.7. The quantitative estimate of drug-likeness (QED) is 0.432. The van der Waals surface area contributed by atoms with Gasteiger partial charge >= 0.3 is 0 Å². The minimum atomic E-state index is -4.81. The highest BCUT2D eigenvalue weighted by molar-refractivity contribution is 7.89. The molecule has 3 aromatic rings. The van der Waals surface area contributed by atoms with Crippen LogP contribution in [0.4, 0.5) is 4.39 Å². The first-order chi connectivity index (χ1) is 18.6. The molecule has 0 radical (unpaired) electrons. The van der Waals surface area contributed by atoms with Gasteiger partial charge < -0.3 is 10.6 Å². The highest BCUT2D eigenvalue weighted by Gasteiger charge is 2.43. The minimum Gasteiger partial charge on any atom is -0.339 e. The van der Waals surface area contributed by atoms with Crippen molar-refractivity contribution in [2.75, 3.05) is 13.1 Å². The highest BCUT2D eigenvalue weighted by Crippen LogP contribution is 2.26. The van der Waals surface area contributed by atoms with Crippen molar-refractivity contribution in [3.05, 3.63) is 66.2 Å². The fraction of sp³-hybridized carbons (Fsp3) is 0.370. The Hall–Kier alpha value is -3.77. The normalized spacial score (nSPS) is 17.0. The number of rotatable bonds is 8. The van der Waals surface area contributed by atoms with E-state index >= 15 is 0 Å². The Kier molecular flexibility index (Phi) is 8.66. The fourth-order valence-corrected chi connectivity index (χ4v) is 6.20. The van der Waals surface area contributed by atoms with E-state index in [2.05, 4.69) is 20.6 Å². The lowest BCUT2D eigenvalue weighted by Crippen LogP contribution is -2.56. The molecular formula is C27H30FN5O5S. The van der Waals surface area contributed by atoms with Gasteiger partial charge in [0.05, 0.1) is 23.8 Å². The van der Waals surface area contributed by atoms with Crippen LogP contribution in [0.5, 0.6) is 0 Å². The Morgan fingerprint density at radius 2 is 1.82 bits per heavy atom. The second-order valence-electron chi connectivity index (χ2n) is 9.77. The van der Waals surface area contributed by atoms with E-state index in [0.29, 0.717) is 28.3 Å². The zero-order valence-electron chi connectivity index (χ0n) is 21.6. The first kappa shape index (κ1) is 28.2. The predicted octanol–water partition coefficient (Wildman–Crippen LogP) is 2.45. The molecule has 1 unspecified atom stereocenters.